The van der Waals surface area contributed by atoms with Crippen LogP contribution >= 0.6 is 0 Å². The van der Waals surface area contributed by atoms with Crippen molar-refractivity contribution in [2.75, 3.05) is 7.11 Å². The maximum Gasteiger partial charge on any atom is 0.0608 e. The van der Waals surface area contributed by atoms with Gasteiger partial charge in [0.15, 0.2) is 0 Å². The molecule has 0 aliphatic heterocycles. The summed E-state index contributed by atoms with van der Waals surface area (Å²) >= 11 is 0. The summed E-state index contributed by atoms with van der Waals surface area (Å²) in [6, 6.07) is 0. The Balaban J connectivity index is 1.51. The Hall–Kier alpha value is -0.560. The predicted molar refractivity (Wildman–Crippen MR) is 133 cm³/mol. The summed E-state index contributed by atoms with van der Waals surface area (Å²) in [5.41, 5.74) is 2.75. The van der Waals surface area contributed by atoms with E-state index >= 15 is 0 Å². The SMILES string of the molecule is CC[C@H](/C=C\[C@@H](C)[C@H]1CC[C@H]2[C@@H]3CC=C4C[C@@H](OC)CC[C@]4(C)[C@H]3CC[C@]12C)C(C)C. The standard InChI is InChI=1S/C30H50O/c1-8-22(20(2)3)10-9-21(4)26-13-14-27-25-12-11-23-19-24(31-7)15-17-29(23,5)28(25)16-18-30(26,27)6/h9-11,20-22,24-28H,8,12-19H2,1-7H3/b10-9-/t21-,22-,24+,25+,26-,27+,28+,29+,30-/m1/s1. The van der Waals surface area contributed by atoms with E-state index in [1.54, 1.807) is 5.57 Å². The summed E-state index contributed by atoms with van der Waals surface area (Å²) in [7, 11) is 1.91. The van der Waals surface area contributed by atoms with Gasteiger partial charge in [-0.3, -0.25) is 0 Å². The topological polar surface area (TPSA) is 9.23 Å². The minimum absolute atomic E-state index is 0.453. The molecule has 3 fully saturated rings. The monoisotopic (exact) mass is 426 g/mol. The molecule has 176 valence electrons. The third-order valence-corrected chi connectivity index (χ3v) is 11.1. The van der Waals surface area contributed by atoms with Crippen LogP contribution in [0.25, 0.3) is 0 Å². The van der Waals surface area contributed by atoms with Crippen LogP contribution in [0.1, 0.15) is 99.3 Å². The van der Waals surface area contributed by atoms with Crippen molar-refractivity contribution in [2.24, 2.45) is 52.3 Å². The summed E-state index contributed by atoms with van der Waals surface area (Å²) in [4.78, 5) is 0. The van der Waals surface area contributed by atoms with Gasteiger partial charge in [-0.15, -0.1) is 0 Å². The number of allylic oxidation sites excluding steroid dienone is 3. The van der Waals surface area contributed by atoms with Gasteiger partial charge in [0.05, 0.1) is 6.10 Å². The van der Waals surface area contributed by atoms with E-state index in [1.165, 1.54) is 57.8 Å². The van der Waals surface area contributed by atoms with Crippen LogP contribution in [-0.2, 0) is 4.74 Å². The number of ether oxygens (including phenoxy) is 1. The molecule has 0 N–H and O–H groups in total. The minimum Gasteiger partial charge on any atom is -0.381 e. The number of rotatable bonds is 6. The molecule has 0 amide bonds. The van der Waals surface area contributed by atoms with Gasteiger partial charge < -0.3 is 4.74 Å². The van der Waals surface area contributed by atoms with Crippen LogP contribution < -0.4 is 0 Å². The van der Waals surface area contributed by atoms with Crippen LogP contribution in [0.2, 0.25) is 0 Å². The molecule has 0 spiro atoms. The third kappa shape index (κ3) is 4.00. The number of hydrogen-bond acceptors (Lipinski definition) is 1. The van der Waals surface area contributed by atoms with Crippen LogP contribution in [0, 0.1) is 52.3 Å². The van der Waals surface area contributed by atoms with Crippen molar-refractivity contribution in [1.82, 2.24) is 0 Å². The highest BCUT2D eigenvalue weighted by molar-refractivity contribution is 5.25. The van der Waals surface area contributed by atoms with Crippen LogP contribution in [-0.4, -0.2) is 13.2 Å². The highest BCUT2D eigenvalue weighted by Gasteiger charge is 2.59. The van der Waals surface area contributed by atoms with E-state index in [2.05, 4.69) is 59.8 Å². The molecule has 0 heterocycles. The molecule has 0 aromatic carbocycles. The summed E-state index contributed by atoms with van der Waals surface area (Å²) in [5, 5.41) is 0. The van der Waals surface area contributed by atoms with Gasteiger partial charge in [-0.25, -0.2) is 0 Å². The van der Waals surface area contributed by atoms with E-state index < -0.39 is 0 Å². The van der Waals surface area contributed by atoms with E-state index in [9.17, 15) is 0 Å². The maximum absolute atomic E-state index is 5.76. The molecule has 1 heteroatoms. The molecular weight excluding hydrogens is 376 g/mol. The Morgan fingerprint density at radius 1 is 1.03 bits per heavy atom. The summed E-state index contributed by atoms with van der Waals surface area (Å²) in [6.07, 6.45) is 20.6. The quantitative estimate of drug-likeness (QED) is 0.387. The number of methoxy groups -OCH3 is 1. The van der Waals surface area contributed by atoms with Gasteiger partial charge in [-0.1, -0.05) is 65.3 Å². The van der Waals surface area contributed by atoms with Crippen LogP contribution in [0.3, 0.4) is 0 Å². The second-order valence-electron chi connectivity index (χ2n) is 12.6. The first-order valence-corrected chi connectivity index (χ1v) is 13.6. The van der Waals surface area contributed by atoms with Crippen molar-refractivity contribution in [1.29, 1.82) is 0 Å². The first-order chi connectivity index (χ1) is 14.7. The van der Waals surface area contributed by atoms with Gasteiger partial charge in [0.2, 0.25) is 0 Å². The highest BCUT2D eigenvalue weighted by Crippen LogP contribution is 2.67. The Labute approximate surface area is 193 Å². The molecule has 0 saturated heterocycles. The average Bonchev–Trinajstić information content (AvgIpc) is 3.10. The lowest BCUT2D eigenvalue weighted by molar-refractivity contribution is -0.0572. The molecule has 0 radical (unpaired) electrons. The van der Waals surface area contributed by atoms with Gasteiger partial charge >= 0.3 is 0 Å². The molecule has 31 heavy (non-hydrogen) atoms. The molecule has 0 unspecified atom stereocenters. The van der Waals surface area contributed by atoms with Crippen molar-refractivity contribution in [2.45, 2.75) is 105 Å². The normalized spacial score (nSPS) is 44.5. The van der Waals surface area contributed by atoms with Crippen molar-refractivity contribution < 1.29 is 4.74 Å². The predicted octanol–water partition coefficient (Wildman–Crippen LogP) is 8.45. The second-order valence-corrected chi connectivity index (χ2v) is 12.6. The smallest absolute Gasteiger partial charge is 0.0608 e. The van der Waals surface area contributed by atoms with Crippen molar-refractivity contribution in [3.05, 3.63) is 23.8 Å². The average molecular weight is 427 g/mol. The Kier molecular flexibility index (Phi) is 6.85. The molecule has 1 nitrogen and oxygen atoms in total. The largest absolute Gasteiger partial charge is 0.381 e. The molecule has 3 saturated carbocycles. The van der Waals surface area contributed by atoms with Crippen LogP contribution in [0.15, 0.2) is 23.8 Å². The second kappa shape index (κ2) is 9.00. The fourth-order valence-electron chi connectivity index (χ4n) is 9.01. The van der Waals surface area contributed by atoms with Gasteiger partial charge in [0.1, 0.15) is 0 Å². The zero-order valence-electron chi connectivity index (χ0n) is 21.6. The van der Waals surface area contributed by atoms with Gasteiger partial charge in [0, 0.05) is 7.11 Å². The lowest BCUT2D eigenvalue weighted by Crippen LogP contribution is -2.50. The molecule has 0 bridgehead atoms. The summed E-state index contributed by atoms with van der Waals surface area (Å²) < 4.78 is 5.76. The Bertz CT molecular complexity index is 689. The van der Waals surface area contributed by atoms with Crippen molar-refractivity contribution >= 4 is 0 Å². The molecule has 9 atom stereocenters. The summed E-state index contributed by atoms with van der Waals surface area (Å²) in [5.74, 6) is 5.88. The highest BCUT2D eigenvalue weighted by atomic mass is 16.5. The van der Waals surface area contributed by atoms with E-state index in [0.717, 1.165) is 41.4 Å². The lowest BCUT2D eigenvalue weighted by atomic mass is 9.47. The van der Waals surface area contributed by atoms with Crippen molar-refractivity contribution in [3.8, 4) is 0 Å². The lowest BCUT2D eigenvalue weighted by Gasteiger charge is -2.58. The Morgan fingerprint density at radius 2 is 1.81 bits per heavy atom. The molecule has 4 rings (SSSR count). The van der Waals surface area contributed by atoms with Gasteiger partial charge in [0.25, 0.3) is 0 Å². The summed E-state index contributed by atoms with van der Waals surface area (Å²) in [6.45, 7) is 14.9. The van der Waals surface area contributed by atoms with Gasteiger partial charge in [-0.05, 0) is 110 Å². The van der Waals surface area contributed by atoms with E-state index in [0.29, 0.717) is 16.9 Å². The number of fused-ring (bicyclic) bond motifs is 5. The van der Waals surface area contributed by atoms with Crippen LogP contribution in [0.4, 0.5) is 0 Å². The van der Waals surface area contributed by atoms with E-state index in [1.807, 2.05) is 7.11 Å². The molecule has 4 aliphatic rings. The fraction of sp³-hybridized carbons (Fsp3) is 0.867. The molecule has 4 aliphatic carbocycles. The number of hydrogen-bond donors (Lipinski definition) is 0. The minimum atomic E-state index is 0.453. The molecule has 0 aromatic heterocycles. The van der Waals surface area contributed by atoms with Gasteiger partial charge in [-0.2, -0.15) is 0 Å². The fourth-order valence-corrected chi connectivity index (χ4v) is 9.01. The zero-order chi connectivity index (χ0) is 22.4. The first kappa shape index (κ1) is 23.6. The van der Waals surface area contributed by atoms with E-state index in [-0.39, 0.29) is 0 Å². The van der Waals surface area contributed by atoms with Crippen molar-refractivity contribution in [3.63, 3.8) is 0 Å². The first-order valence-electron chi connectivity index (χ1n) is 13.6. The third-order valence-electron chi connectivity index (χ3n) is 11.1. The molecular formula is C30H50O. The Morgan fingerprint density at radius 3 is 2.48 bits per heavy atom. The van der Waals surface area contributed by atoms with Crippen LogP contribution in [0.5, 0.6) is 0 Å². The van der Waals surface area contributed by atoms with E-state index in [4.69, 9.17) is 4.74 Å². The maximum atomic E-state index is 5.76. The molecule has 0 aromatic rings. The zero-order valence-corrected chi connectivity index (χ0v) is 21.6.